The van der Waals surface area contributed by atoms with Crippen molar-refractivity contribution >= 4 is 5.97 Å². The quantitative estimate of drug-likeness (QED) is 0.648. The maximum absolute atomic E-state index is 10.6. The van der Waals surface area contributed by atoms with Crippen molar-refractivity contribution in [3.63, 3.8) is 0 Å². The summed E-state index contributed by atoms with van der Waals surface area (Å²) in [7, 11) is 0. The van der Waals surface area contributed by atoms with E-state index in [2.05, 4.69) is 0 Å². The SMILES string of the molecule is C[C@@](O)(c1ccccc1)C(N)C(=O)O. The number of carboxylic acid groups (broad SMARTS) is 1. The van der Waals surface area contributed by atoms with Crippen molar-refractivity contribution in [2.24, 2.45) is 5.73 Å². The van der Waals surface area contributed by atoms with E-state index in [-0.39, 0.29) is 0 Å². The van der Waals surface area contributed by atoms with Gasteiger partial charge in [0, 0.05) is 0 Å². The molecule has 1 aromatic rings. The lowest BCUT2D eigenvalue weighted by Gasteiger charge is -2.27. The highest BCUT2D eigenvalue weighted by atomic mass is 16.4. The van der Waals surface area contributed by atoms with Crippen molar-refractivity contribution < 1.29 is 15.0 Å². The normalized spacial score (nSPS) is 17.1. The number of aliphatic hydroxyl groups is 1. The molecule has 0 saturated heterocycles. The second kappa shape index (κ2) is 3.77. The molecular weight excluding hydrogens is 182 g/mol. The fourth-order valence-electron chi connectivity index (χ4n) is 1.20. The predicted molar refractivity (Wildman–Crippen MR) is 51.6 cm³/mol. The van der Waals surface area contributed by atoms with Gasteiger partial charge in [0.1, 0.15) is 11.6 Å². The summed E-state index contributed by atoms with van der Waals surface area (Å²) in [5, 5.41) is 18.6. The van der Waals surface area contributed by atoms with Crippen molar-refractivity contribution in [1.82, 2.24) is 0 Å². The first-order valence-electron chi connectivity index (χ1n) is 4.22. The second-order valence-corrected chi connectivity index (χ2v) is 3.33. The molecule has 4 N–H and O–H groups in total. The van der Waals surface area contributed by atoms with Gasteiger partial charge in [-0.05, 0) is 12.5 Å². The largest absolute Gasteiger partial charge is 0.480 e. The van der Waals surface area contributed by atoms with Crippen LogP contribution >= 0.6 is 0 Å². The van der Waals surface area contributed by atoms with Gasteiger partial charge in [-0.25, -0.2) is 0 Å². The van der Waals surface area contributed by atoms with Crippen LogP contribution in [0.5, 0.6) is 0 Å². The van der Waals surface area contributed by atoms with E-state index in [9.17, 15) is 9.90 Å². The molecule has 4 heteroatoms. The van der Waals surface area contributed by atoms with Gasteiger partial charge < -0.3 is 15.9 Å². The Balaban J connectivity index is 3.02. The summed E-state index contributed by atoms with van der Waals surface area (Å²) in [5.74, 6) is -1.22. The maximum atomic E-state index is 10.6. The molecule has 0 spiro atoms. The zero-order chi connectivity index (χ0) is 10.8. The molecule has 0 aromatic heterocycles. The maximum Gasteiger partial charge on any atom is 0.323 e. The molecule has 4 nitrogen and oxygen atoms in total. The van der Waals surface area contributed by atoms with Crippen LogP contribution in [0, 0.1) is 0 Å². The first kappa shape index (κ1) is 10.7. The third kappa shape index (κ3) is 1.92. The van der Waals surface area contributed by atoms with Crippen LogP contribution in [0.3, 0.4) is 0 Å². The molecule has 0 aliphatic heterocycles. The molecule has 1 aromatic carbocycles. The Hall–Kier alpha value is -1.39. The zero-order valence-electron chi connectivity index (χ0n) is 7.84. The first-order chi connectivity index (χ1) is 6.46. The molecule has 2 atom stereocenters. The average Bonchev–Trinajstić information content (AvgIpc) is 2.18. The fraction of sp³-hybridized carbons (Fsp3) is 0.300. The molecule has 0 aliphatic carbocycles. The van der Waals surface area contributed by atoms with Crippen LogP contribution in [-0.2, 0) is 10.4 Å². The molecule has 0 amide bonds. The van der Waals surface area contributed by atoms with Crippen molar-refractivity contribution in [3.05, 3.63) is 35.9 Å². The second-order valence-electron chi connectivity index (χ2n) is 3.33. The number of benzene rings is 1. The lowest BCUT2D eigenvalue weighted by Crippen LogP contribution is -2.48. The highest BCUT2D eigenvalue weighted by molar-refractivity contribution is 5.75. The number of carboxylic acids is 1. The molecule has 0 heterocycles. The molecule has 1 rings (SSSR count). The molecule has 0 aliphatic rings. The molecule has 76 valence electrons. The molecule has 14 heavy (non-hydrogen) atoms. The standard InChI is InChI=1S/C10H13NO3/c1-10(14,8(11)9(12)13)7-5-3-2-4-6-7/h2-6,8,14H,11H2,1H3,(H,12,13)/t8?,10-/m1/s1. The Morgan fingerprint density at radius 1 is 1.43 bits per heavy atom. The Bertz CT molecular complexity index is 321. The van der Waals surface area contributed by atoms with Gasteiger partial charge in [-0.2, -0.15) is 0 Å². The van der Waals surface area contributed by atoms with Crippen LogP contribution < -0.4 is 5.73 Å². The van der Waals surface area contributed by atoms with Crippen LogP contribution in [0.15, 0.2) is 30.3 Å². The summed E-state index contributed by atoms with van der Waals surface area (Å²) in [6.45, 7) is 1.39. The zero-order valence-corrected chi connectivity index (χ0v) is 7.84. The number of nitrogens with two attached hydrogens (primary N) is 1. The highest BCUT2D eigenvalue weighted by Crippen LogP contribution is 2.23. The molecule has 1 unspecified atom stereocenters. The number of hydrogen-bond donors (Lipinski definition) is 3. The number of rotatable bonds is 3. The van der Waals surface area contributed by atoms with Crippen LogP contribution in [0.4, 0.5) is 0 Å². The van der Waals surface area contributed by atoms with E-state index in [4.69, 9.17) is 10.8 Å². The predicted octanol–water partition coefficient (Wildman–Crippen LogP) is 0.306. The molecule has 0 radical (unpaired) electrons. The van der Waals surface area contributed by atoms with Crippen molar-refractivity contribution in [3.8, 4) is 0 Å². The van der Waals surface area contributed by atoms with Crippen LogP contribution in [0.2, 0.25) is 0 Å². The summed E-state index contributed by atoms with van der Waals surface area (Å²) in [6, 6.07) is 7.18. The summed E-state index contributed by atoms with van der Waals surface area (Å²) in [5.41, 5.74) is 4.32. The number of carbonyl (C=O) groups is 1. The van der Waals surface area contributed by atoms with Gasteiger partial charge in [0.15, 0.2) is 0 Å². The van der Waals surface area contributed by atoms with Gasteiger partial charge in [-0.3, -0.25) is 4.79 Å². The van der Waals surface area contributed by atoms with E-state index in [0.29, 0.717) is 5.56 Å². The summed E-state index contributed by atoms with van der Waals surface area (Å²) in [4.78, 5) is 10.6. The number of hydrogen-bond acceptors (Lipinski definition) is 3. The van der Waals surface area contributed by atoms with E-state index >= 15 is 0 Å². The smallest absolute Gasteiger partial charge is 0.323 e. The van der Waals surface area contributed by atoms with E-state index in [1.54, 1.807) is 30.3 Å². The Labute approximate surface area is 82.0 Å². The minimum atomic E-state index is -1.55. The minimum Gasteiger partial charge on any atom is -0.480 e. The lowest BCUT2D eigenvalue weighted by atomic mass is 9.89. The van der Waals surface area contributed by atoms with Crippen LogP contribution in [0.25, 0.3) is 0 Å². The van der Waals surface area contributed by atoms with Gasteiger partial charge >= 0.3 is 5.97 Å². The van der Waals surface area contributed by atoms with E-state index in [1.165, 1.54) is 6.92 Å². The van der Waals surface area contributed by atoms with Gasteiger partial charge in [0.25, 0.3) is 0 Å². The lowest BCUT2D eigenvalue weighted by molar-refractivity contribution is -0.145. The average molecular weight is 195 g/mol. The molecule has 0 bridgehead atoms. The fourth-order valence-corrected chi connectivity index (χ4v) is 1.20. The molecular formula is C10H13NO3. The van der Waals surface area contributed by atoms with Crippen LogP contribution in [0.1, 0.15) is 12.5 Å². The minimum absolute atomic E-state index is 0.495. The van der Waals surface area contributed by atoms with E-state index < -0.39 is 17.6 Å². The third-order valence-corrected chi connectivity index (χ3v) is 2.23. The van der Waals surface area contributed by atoms with E-state index in [0.717, 1.165) is 0 Å². The molecule has 0 fully saturated rings. The topological polar surface area (TPSA) is 83.5 Å². The Kier molecular flexibility index (Phi) is 2.88. The van der Waals surface area contributed by atoms with E-state index in [1.807, 2.05) is 0 Å². The van der Waals surface area contributed by atoms with Gasteiger partial charge in [0.2, 0.25) is 0 Å². The number of aliphatic carboxylic acids is 1. The van der Waals surface area contributed by atoms with Crippen LogP contribution in [-0.4, -0.2) is 22.2 Å². The summed E-state index contributed by atoms with van der Waals surface area (Å²) in [6.07, 6.45) is 0. The third-order valence-electron chi connectivity index (χ3n) is 2.23. The molecule has 0 saturated carbocycles. The van der Waals surface area contributed by atoms with Gasteiger partial charge in [-0.1, -0.05) is 30.3 Å². The van der Waals surface area contributed by atoms with Crippen molar-refractivity contribution in [2.75, 3.05) is 0 Å². The Morgan fingerprint density at radius 2 is 1.93 bits per heavy atom. The van der Waals surface area contributed by atoms with Crippen molar-refractivity contribution in [1.29, 1.82) is 0 Å². The first-order valence-corrected chi connectivity index (χ1v) is 4.22. The Morgan fingerprint density at radius 3 is 2.36 bits per heavy atom. The van der Waals surface area contributed by atoms with Crippen molar-refractivity contribution in [2.45, 2.75) is 18.6 Å². The summed E-state index contributed by atoms with van der Waals surface area (Å²) >= 11 is 0. The monoisotopic (exact) mass is 195 g/mol. The van der Waals surface area contributed by atoms with Gasteiger partial charge in [0.05, 0.1) is 0 Å². The summed E-state index contributed by atoms with van der Waals surface area (Å²) < 4.78 is 0. The highest BCUT2D eigenvalue weighted by Gasteiger charge is 2.35. The van der Waals surface area contributed by atoms with Gasteiger partial charge in [-0.15, -0.1) is 0 Å².